The first-order chi connectivity index (χ1) is 25.5. The quantitative estimate of drug-likeness (QED) is 0.128. The number of aryl methyl sites for hydroxylation is 1. The molecule has 8 rings (SSSR count). The molecule has 0 amide bonds. The zero-order chi connectivity index (χ0) is 37.2. The second kappa shape index (κ2) is 14.0. The van der Waals surface area contributed by atoms with Gasteiger partial charge in [0.15, 0.2) is 16.9 Å². The van der Waals surface area contributed by atoms with Crippen LogP contribution in [0.15, 0.2) is 47.1 Å². The Morgan fingerprint density at radius 1 is 1.11 bits per heavy atom. The number of nitrogens with one attached hydrogen (secondary N) is 1. The fourth-order valence-corrected chi connectivity index (χ4v) is 13.7. The van der Waals surface area contributed by atoms with Crippen molar-refractivity contribution in [3.05, 3.63) is 48.3 Å². The maximum atomic E-state index is 13.3. The highest BCUT2D eigenvalue weighted by atomic mass is 33.1. The minimum absolute atomic E-state index is 0.0161. The molecule has 7 N–H and O–H groups in total. The molecule has 3 aliphatic heterocycles. The van der Waals surface area contributed by atoms with Gasteiger partial charge in [-0.3, -0.25) is 4.79 Å². The molecule has 1 aromatic heterocycles. The van der Waals surface area contributed by atoms with Crippen molar-refractivity contribution in [2.75, 3.05) is 39.5 Å². The molecule has 53 heavy (non-hydrogen) atoms. The molecule has 4 heterocycles. The maximum absolute atomic E-state index is 13.3. The van der Waals surface area contributed by atoms with E-state index in [4.69, 9.17) is 23.4 Å². The van der Waals surface area contributed by atoms with E-state index in [0.29, 0.717) is 29.6 Å². The lowest BCUT2D eigenvalue weighted by Gasteiger charge is -2.71. The van der Waals surface area contributed by atoms with Gasteiger partial charge in [0.25, 0.3) is 5.79 Å². The summed E-state index contributed by atoms with van der Waals surface area (Å²) in [6, 6.07) is 3.56. The number of hydrogen-bond donors (Lipinski definition) is 7. The molecule has 0 unspecified atom stereocenters. The van der Waals surface area contributed by atoms with Crippen LogP contribution in [0.2, 0.25) is 0 Å². The lowest BCUT2D eigenvalue weighted by molar-refractivity contribution is -0.450. The van der Waals surface area contributed by atoms with Gasteiger partial charge in [-0.05, 0) is 62.3 Å². The molecule has 15 heteroatoms. The first-order valence-corrected chi connectivity index (χ1v) is 20.9. The molecule has 2 spiro atoms. The smallest absolute Gasteiger partial charge is 0.306 e. The van der Waals surface area contributed by atoms with E-state index in [1.54, 1.807) is 42.0 Å². The fraction of sp³-hybridized carbons (Fsp3) is 0.658. The van der Waals surface area contributed by atoms with Crippen LogP contribution in [0, 0.1) is 17.8 Å². The van der Waals surface area contributed by atoms with Gasteiger partial charge in [-0.25, -0.2) is 0 Å². The molecular formula is C38H49NO12S2. The summed E-state index contributed by atoms with van der Waals surface area (Å²) >= 11 is 0. The summed E-state index contributed by atoms with van der Waals surface area (Å²) in [5, 5.41) is 75.6. The summed E-state index contributed by atoms with van der Waals surface area (Å²) in [4.78, 5) is 12.7. The molecule has 10 atom stereocenters. The number of aliphatic hydroxyl groups is 6. The monoisotopic (exact) mass is 775 g/mol. The van der Waals surface area contributed by atoms with Gasteiger partial charge in [0, 0.05) is 48.1 Å². The molecule has 13 nitrogen and oxygen atoms in total. The molecule has 1 saturated heterocycles. The minimum atomic E-state index is -2.52. The van der Waals surface area contributed by atoms with E-state index in [2.05, 4.69) is 5.32 Å². The second-order valence-electron chi connectivity index (χ2n) is 15.4. The third-order valence-electron chi connectivity index (χ3n) is 12.6. The molecule has 5 bridgehead atoms. The van der Waals surface area contributed by atoms with Crippen LogP contribution < -0.4 is 14.8 Å². The minimum Gasteiger partial charge on any atom is -0.485 e. The molecule has 3 fully saturated rings. The number of benzene rings is 1. The SMILES string of the molecule is CCOC(=O)CCc1cc2ccoc2c2c1O[C@]13C=C[C@@H](SSC4(CCCC4)CNCCO2)[C@](CO)(O1)[C@]1(O)C[C@H]2C=C[C@H](O)[C@H](CO)[C@H]2[C@@]3(O)[C@H]1O. The normalized spacial score (nSPS) is 40.1. The van der Waals surface area contributed by atoms with Crippen LogP contribution in [0.4, 0.5) is 0 Å². The third-order valence-corrected chi connectivity index (χ3v) is 16.3. The van der Waals surface area contributed by atoms with E-state index in [1.807, 2.05) is 0 Å². The van der Waals surface area contributed by atoms with Crippen molar-refractivity contribution in [1.29, 1.82) is 0 Å². The van der Waals surface area contributed by atoms with Gasteiger partial charge in [-0.15, -0.1) is 0 Å². The van der Waals surface area contributed by atoms with Crippen molar-refractivity contribution in [3.8, 4) is 11.5 Å². The van der Waals surface area contributed by atoms with Crippen molar-refractivity contribution >= 4 is 38.5 Å². The molecule has 2 saturated carbocycles. The highest BCUT2D eigenvalue weighted by molar-refractivity contribution is 8.77. The van der Waals surface area contributed by atoms with Crippen molar-refractivity contribution in [3.63, 3.8) is 0 Å². The second-order valence-corrected chi connectivity index (χ2v) is 18.2. The van der Waals surface area contributed by atoms with Crippen LogP contribution >= 0.6 is 21.6 Å². The zero-order valence-electron chi connectivity index (χ0n) is 29.6. The Bertz CT molecular complexity index is 1760. The van der Waals surface area contributed by atoms with Crippen LogP contribution in [0.3, 0.4) is 0 Å². The van der Waals surface area contributed by atoms with E-state index in [1.165, 1.54) is 29.2 Å². The standard InChI is InChI=1S/C38H49NO12S2/c1-2-47-28(43)8-6-22-17-23-10-15-48-30(23)32-31(22)50-37-13-9-27(52-53-34(11-3-4-12-34)20-39-14-16-49-32)36(21-41,51-37)35(45)18-24-5-7-26(42)25(19-40)29(24)38(37,46)33(35)44/h5,7,9-10,13,15,17,24-27,29,33,39-42,44-46H,2-4,6,8,11-12,14,16,18-21H2,1H3/t24-,25+,26+,27-,29+,33+,35+,36+,37-,38-/m1/s1. The van der Waals surface area contributed by atoms with Crippen LogP contribution in [0.25, 0.3) is 11.0 Å². The fourth-order valence-electron chi connectivity index (χ4n) is 9.92. The summed E-state index contributed by atoms with van der Waals surface area (Å²) in [6.07, 6.45) is 8.90. The number of carbonyl (C=O) groups is 1. The largest absolute Gasteiger partial charge is 0.485 e. The molecule has 6 aliphatic rings. The van der Waals surface area contributed by atoms with Crippen LogP contribution in [0.5, 0.6) is 11.5 Å². The number of esters is 1. The number of furan rings is 1. The highest BCUT2D eigenvalue weighted by Crippen LogP contribution is 2.67. The number of allylic oxidation sites excluding steroid dienone is 1. The molecule has 1 aromatic carbocycles. The van der Waals surface area contributed by atoms with Gasteiger partial charge in [0.05, 0.1) is 30.8 Å². The van der Waals surface area contributed by atoms with E-state index in [0.717, 1.165) is 25.7 Å². The van der Waals surface area contributed by atoms with Gasteiger partial charge in [0.1, 0.15) is 23.9 Å². The Kier molecular flexibility index (Phi) is 9.94. The number of aliphatic hydroxyl groups excluding tert-OH is 4. The molecular weight excluding hydrogens is 727 g/mol. The van der Waals surface area contributed by atoms with Crippen LogP contribution in [-0.4, -0.2) is 121 Å². The van der Waals surface area contributed by atoms with Crippen molar-refractivity contribution in [2.24, 2.45) is 17.8 Å². The number of fused-ring (bicyclic) bond motifs is 11. The summed E-state index contributed by atoms with van der Waals surface area (Å²) in [5.41, 5.74) is -5.80. The third kappa shape index (κ3) is 5.63. The lowest BCUT2D eigenvalue weighted by atomic mass is 9.47. The van der Waals surface area contributed by atoms with Crippen molar-refractivity contribution in [2.45, 2.75) is 96.7 Å². The predicted octanol–water partition coefficient (Wildman–Crippen LogP) is 2.38. The highest BCUT2D eigenvalue weighted by Gasteiger charge is 2.83. The summed E-state index contributed by atoms with van der Waals surface area (Å²) < 4.78 is 31.5. The summed E-state index contributed by atoms with van der Waals surface area (Å²) in [7, 11) is 3.14. The Morgan fingerprint density at radius 2 is 1.92 bits per heavy atom. The Labute approximate surface area is 315 Å². The Morgan fingerprint density at radius 3 is 2.68 bits per heavy atom. The van der Waals surface area contributed by atoms with Gasteiger partial charge in [0.2, 0.25) is 5.75 Å². The number of carbonyl (C=O) groups excluding carboxylic acids is 1. The molecule has 2 aromatic rings. The van der Waals surface area contributed by atoms with Gasteiger partial charge >= 0.3 is 5.97 Å². The molecule has 290 valence electrons. The Hall–Kier alpha value is -2.31. The van der Waals surface area contributed by atoms with E-state index < -0.39 is 77.0 Å². The summed E-state index contributed by atoms with van der Waals surface area (Å²) in [5.74, 6) is -5.25. The van der Waals surface area contributed by atoms with Crippen molar-refractivity contribution in [1.82, 2.24) is 5.32 Å². The van der Waals surface area contributed by atoms with E-state index in [-0.39, 0.29) is 48.7 Å². The predicted molar refractivity (Wildman–Crippen MR) is 196 cm³/mol. The van der Waals surface area contributed by atoms with E-state index in [9.17, 15) is 35.4 Å². The number of ether oxygens (including phenoxy) is 4. The zero-order valence-corrected chi connectivity index (χ0v) is 31.3. The first kappa shape index (κ1) is 37.6. The Balaban J connectivity index is 1.36. The molecule has 0 radical (unpaired) electrons. The summed E-state index contributed by atoms with van der Waals surface area (Å²) in [6.45, 7) is 2.02. The van der Waals surface area contributed by atoms with Gasteiger partial charge in [-0.1, -0.05) is 52.7 Å². The maximum Gasteiger partial charge on any atom is 0.306 e. The van der Waals surface area contributed by atoms with Gasteiger partial charge < -0.3 is 59.3 Å². The van der Waals surface area contributed by atoms with Crippen molar-refractivity contribution < 1.29 is 58.8 Å². The molecule has 3 aliphatic carbocycles. The average Bonchev–Trinajstić information content (AvgIpc) is 3.82. The van der Waals surface area contributed by atoms with Crippen LogP contribution in [-0.2, 0) is 20.7 Å². The van der Waals surface area contributed by atoms with Crippen LogP contribution in [0.1, 0.15) is 51.0 Å². The van der Waals surface area contributed by atoms with Gasteiger partial charge in [-0.2, -0.15) is 0 Å². The number of rotatable bonds is 6. The lowest BCUT2D eigenvalue weighted by Crippen LogP contribution is -2.90. The first-order valence-electron chi connectivity index (χ1n) is 18.7. The topological polar surface area (TPSA) is 201 Å². The number of hydrogen-bond acceptors (Lipinski definition) is 15. The average molecular weight is 776 g/mol. The van der Waals surface area contributed by atoms with E-state index >= 15 is 0 Å².